The summed E-state index contributed by atoms with van der Waals surface area (Å²) in [6, 6.07) is 8.44. The Morgan fingerprint density at radius 2 is 1.93 bits per heavy atom. The van der Waals surface area contributed by atoms with Crippen LogP contribution in [0.2, 0.25) is 0 Å². The molecule has 80 valence electrons. The Balaban J connectivity index is 2.23. The number of para-hydroxylation sites is 1. The number of benzene rings is 1. The van der Waals surface area contributed by atoms with Gasteiger partial charge in [-0.25, -0.2) is 0 Å². The molecule has 2 nitrogen and oxygen atoms in total. The molecule has 0 saturated heterocycles. The van der Waals surface area contributed by atoms with Crippen LogP contribution < -0.4 is 4.90 Å². The first-order valence-electron chi connectivity index (χ1n) is 5.60. The maximum absolute atomic E-state index is 10.9. The molecule has 0 atom stereocenters. The van der Waals surface area contributed by atoms with Crippen LogP contribution in [0.3, 0.4) is 0 Å². The van der Waals surface area contributed by atoms with Crippen LogP contribution in [-0.2, 0) is 0 Å². The molecule has 1 saturated carbocycles. The van der Waals surface area contributed by atoms with Crippen molar-refractivity contribution >= 4 is 12.0 Å². The lowest BCUT2D eigenvalue weighted by molar-refractivity contribution is 0.112. The first-order valence-corrected chi connectivity index (χ1v) is 5.60. The number of carbonyl (C=O) groups is 1. The number of carbonyl (C=O) groups excluding carboxylic acids is 1. The van der Waals surface area contributed by atoms with Crippen LogP contribution >= 0.6 is 0 Å². The zero-order valence-corrected chi connectivity index (χ0v) is 9.15. The van der Waals surface area contributed by atoms with Gasteiger partial charge in [0.2, 0.25) is 0 Å². The third kappa shape index (κ3) is 2.04. The van der Waals surface area contributed by atoms with Gasteiger partial charge in [0.05, 0.1) is 0 Å². The molecular formula is C13H17NO. The maximum atomic E-state index is 10.9. The van der Waals surface area contributed by atoms with Crippen LogP contribution in [0, 0.1) is 0 Å². The summed E-state index contributed by atoms with van der Waals surface area (Å²) in [6.45, 7) is 0. The third-order valence-electron chi connectivity index (χ3n) is 3.32. The largest absolute Gasteiger partial charge is 0.371 e. The molecule has 1 fully saturated rings. The lowest BCUT2D eigenvalue weighted by Crippen LogP contribution is -2.29. The van der Waals surface area contributed by atoms with Gasteiger partial charge in [-0.1, -0.05) is 25.0 Å². The molecule has 0 heterocycles. The number of aldehydes is 1. The molecule has 0 amide bonds. The Labute approximate surface area is 90.9 Å². The first-order chi connectivity index (χ1) is 7.33. The Morgan fingerprint density at radius 1 is 1.27 bits per heavy atom. The van der Waals surface area contributed by atoms with Gasteiger partial charge in [-0.05, 0) is 25.0 Å². The zero-order valence-electron chi connectivity index (χ0n) is 9.15. The minimum atomic E-state index is 0.617. The topological polar surface area (TPSA) is 20.3 Å². The zero-order chi connectivity index (χ0) is 10.7. The highest BCUT2D eigenvalue weighted by atomic mass is 16.1. The van der Waals surface area contributed by atoms with Crippen molar-refractivity contribution < 1.29 is 4.79 Å². The molecule has 1 aromatic carbocycles. The van der Waals surface area contributed by atoms with E-state index in [4.69, 9.17) is 0 Å². The van der Waals surface area contributed by atoms with Gasteiger partial charge >= 0.3 is 0 Å². The van der Waals surface area contributed by atoms with Crippen molar-refractivity contribution in [1.82, 2.24) is 0 Å². The molecule has 1 aliphatic carbocycles. The second-order valence-corrected chi connectivity index (χ2v) is 4.23. The predicted molar refractivity (Wildman–Crippen MR) is 62.5 cm³/mol. The van der Waals surface area contributed by atoms with E-state index in [0.717, 1.165) is 17.5 Å². The number of rotatable bonds is 3. The van der Waals surface area contributed by atoms with Gasteiger partial charge in [0.15, 0.2) is 6.29 Å². The van der Waals surface area contributed by atoms with E-state index < -0.39 is 0 Å². The normalized spacial score (nSPS) is 16.6. The summed E-state index contributed by atoms with van der Waals surface area (Å²) in [5.74, 6) is 0. The van der Waals surface area contributed by atoms with Gasteiger partial charge in [-0.2, -0.15) is 0 Å². The highest BCUT2D eigenvalue weighted by Gasteiger charge is 2.20. The van der Waals surface area contributed by atoms with Crippen molar-refractivity contribution in [3.8, 4) is 0 Å². The van der Waals surface area contributed by atoms with Gasteiger partial charge in [-0.15, -0.1) is 0 Å². The second kappa shape index (κ2) is 4.47. The molecule has 2 heteroatoms. The molecule has 0 radical (unpaired) electrons. The van der Waals surface area contributed by atoms with Crippen LogP contribution in [-0.4, -0.2) is 19.4 Å². The lowest BCUT2D eigenvalue weighted by atomic mass is 10.1. The summed E-state index contributed by atoms with van der Waals surface area (Å²) < 4.78 is 0. The second-order valence-electron chi connectivity index (χ2n) is 4.23. The van der Waals surface area contributed by atoms with Gasteiger partial charge in [0.25, 0.3) is 0 Å². The number of anilines is 1. The first kappa shape index (κ1) is 10.2. The molecule has 0 spiro atoms. The molecule has 0 aromatic heterocycles. The monoisotopic (exact) mass is 203 g/mol. The van der Waals surface area contributed by atoms with E-state index in [9.17, 15) is 4.79 Å². The van der Waals surface area contributed by atoms with Crippen molar-refractivity contribution in [1.29, 1.82) is 0 Å². The fraction of sp³-hybridized carbons (Fsp3) is 0.462. The Bertz CT molecular complexity index is 342. The van der Waals surface area contributed by atoms with Crippen LogP contribution in [0.5, 0.6) is 0 Å². The van der Waals surface area contributed by atoms with E-state index in [1.54, 1.807) is 0 Å². The number of hydrogen-bond acceptors (Lipinski definition) is 2. The molecule has 0 aliphatic heterocycles. The molecule has 0 N–H and O–H groups in total. The lowest BCUT2D eigenvalue weighted by Gasteiger charge is -2.27. The fourth-order valence-electron chi connectivity index (χ4n) is 2.40. The van der Waals surface area contributed by atoms with Crippen molar-refractivity contribution in [3.63, 3.8) is 0 Å². The van der Waals surface area contributed by atoms with Crippen LogP contribution in [0.4, 0.5) is 5.69 Å². The van der Waals surface area contributed by atoms with E-state index in [0.29, 0.717) is 6.04 Å². The Kier molecular flexibility index (Phi) is 3.05. The smallest absolute Gasteiger partial charge is 0.152 e. The molecule has 15 heavy (non-hydrogen) atoms. The highest BCUT2D eigenvalue weighted by Crippen LogP contribution is 2.28. The van der Waals surface area contributed by atoms with Gasteiger partial charge in [0, 0.05) is 24.3 Å². The summed E-state index contributed by atoms with van der Waals surface area (Å²) in [7, 11) is 2.10. The van der Waals surface area contributed by atoms with E-state index in [1.807, 2.05) is 24.3 Å². The molecule has 0 unspecified atom stereocenters. The summed E-state index contributed by atoms with van der Waals surface area (Å²) in [5, 5.41) is 0. The minimum absolute atomic E-state index is 0.617. The van der Waals surface area contributed by atoms with E-state index in [1.165, 1.54) is 25.7 Å². The molecule has 1 aliphatic rings. The van der Waals surface area contributed by atoms with Gasteiger partial charge < -0.3 is 4.90 Å². The van der Waals surface area contributed by atoms with E-state index in [2.05, 4.69) is 11.9 Å². The van der Waals surface area contributed by atoms with Crippen molar-refractivity contribution in [2.45, 2.75) is 31.7 Å². The molecule has 1 aromatic rings. The minimum Gasteiger partial charge on any atom is -0.371 e. The fourth-order valence-corrected chi connectivity index (χ4v) is 2.40. The standard InChI is InChI=1S/C13H17NO/c1-14(12-7-3-4-8-12)13-9-5-2-6-11(13)10-15/h2,5-6,9-10,12H,3-4,7-8H2,1H3. The average molecular weight is 203 g/mol. The maximum Gasteiger partial charge on any atom is 0.152 e. The number of hydrogen-bond donors (Lipinski definition) is 0. The van der Waals surface area contributed by atoms with Crippen LogP contribution in [0.25, 0.3) is 0 Å². The summed E-state index contributed by atoms with van der Waals surface area (Å²) >= 11 is 0. The predicted octanol–water partition coefficient (Wildman–Crippen LogP) is 2.88. The molecular weight excluding hydrogens is 186 g/mol. The van der Waals surface area contributed by atoms with E-state index in [-0.39, 0.29) is 0 Å². The Morgan fingerprint density at radius 3 is 2.60 bits per heavy atom. The van der Waals surface area contributed by atoms with Crippen molar-refractivity contribution in [2.24, 2.45) is 0 Å². The van der Waals surface area contributed by atoms with E-state index >= 15 is 0 Å². The van der Waals surface area contributed by atoms with Gasteiger partial charge in [-0.3, -0.25) is 4.79 Å². The van der Waals surface area contributed by atoms with Gasteiger partial charge in [0.1, 0.15) is 0 Å². The molecule has 0 bridgehead atoms. The Hall–Kier alpha value is -1.31. The van der Waals surface area contributed by atoms with Crippen molar-refractivity contribution in [2.75, 3.05) is 11.9 Å². The quantitative estimate of drug-likeness (QED) is 0.704. The van der Waals surface area contributed by atoms with Crippen LogP contribution in [0.1, 0.15) is 36.0 Å². The third-order valence-corrected chi connectivity index (χ3v) is 3.32. The van der Waals surface area contributed by atoms with Crippen molar-refractivity contribution in [3.05, 3.63) is 29.8 Å². The average Bonchev–Trinajstić information content (AvgIpc) is 2.81. The number of nitrogens with zero attached hydrogens (tertiary/aromatic N) is 1. The summed E-state index contributed by atoms with van der Waals surface area (Å²) in [4.78, 5) is 13.2. The summed E-state index contributed by atoms with van der Waals surface area (Å²) in [5.41, 5.74) is 1.87. The summed E-state index contributed by atoms with van der Waals surface area (Å²) in [6.07, 6.45) is 6.09. The van der Waals surface area contributed by atoms with Crippen LogP contribution in [0.15, 0.2) is 24.3 Å². The SMILES string of the molecule is CN(c1ccccc1C=O)C1CCCC1. The molecule has 2 rings (SSSR count). The highest BCUT2D eigenvalue weighted by molar-refractivity contribution is 5.84.